The van der Waals surface area contributed by atoms with E-state index in [4.69, 9.17) is 4.74 Å². The van der Waals surface area contributed by atoms with Crippen LogP contribution in [0.25, 0.3) is 10.9 Å². The number of esters is 1. The van der Waals surface area contributed by atoms with E-state index in [2.05, 4.69) is 29.4 Å². The van der Waals surface area contributed by atoms with Gasteiger partial charge >= 0.3 is 5.97 Å². The monoisotopic (exact) mass is 306 g/mol. The second kappa shape index (κ2) is 6.48. The third kappa shape index (κ3) is 3.31. The molecule has 0 fully saturated rings. The smallest absolute Gasteiger partial charge is 0.337 e. The molecule has 4 nitrogen and oxygen atoms in total. The first kappa shape index (κ1) is 15.0. The van der Waals surface area contributed by atoms with Gasteiger partial charge in [0.2, 0.25) is 0 Å². The molecule has 116 valence electrons. The van der Waals surface area contributed by atoms with Gasteiger partial charge in [-0.2, -0.15) is 0 Å². The maximum atomic E-state index is 11.4. The van der Waals surface area contributed by atoms with Gasteiger partial charge < -0.3 is 10.1 Å². The minimum absolute atomic E-state index is 0.323. The normalized spacial score (nSPS) is 10.5. The predicted octanol–water partition coefficient (Wildman–Crippen LogP) is 3.94. The standard InChI is InChI=1S/C19H18N2O2/c1-13-4-3-5-17-16(13)10-11-18(21-17)20-12-14-6-8-15(9-7-14)19(22)23-2/h3-11H,12H2,1-2H3,(H,20,21). The van der Waals surface area contributed by atoms with Gasteiger partial charge in [0.05, 0.1) is 18.2 Å². The van der Waals surface area contributed by atoms with Gasteiger partial charge in [0, 0.05) is 11.9 Å². The van der Waals surface area contributed by atoms with Crippen molar-refractivity contribution in [2.75, 3.05) is 12.4 Å². The summed E-state index contributed by atoms with van der Waals surface area (Å²) in [6, 6.07) is 17.5. The summed E-state index contributed by atoms with van der Waals surface area (Å²) in [5.41, 5.74) is 3.83. The number of benzene rings is 2. The number of anilines is 1. The van der Waals surface area contributed by atoms with Crippen molar-refractivity contribution in [3.63, 3.8) is 0 Å². The number of pyridine rings is 1. The Bertz CT molecular complexity index is 842. The molecule has 2 aromatic carbocycles. The first-order valence-corrected chi connectivity index (χ1v) is 7.45. The Balaban J connectivity index is 1.72. The number of nitrogens with one attached hydrogen (secondary N) is 1. The van der Waals surface area contributed by atoms with E-state index in [0.29, 0.717) is 12.1 Å². The fourth-order valence-electron chi connectivity index (χ4n) is 2.48. The molecule has 0 bridgehead atoms. The van der Waals surface area contributed by atoms with Gasteiger partial charge in [0.1, 0.15) is 5.82 Å². The highest BCUT2D eigenvalue weighted by molar-refractivity contribution is 5.89. The summed E-state index contributed by atoms with van der Waals surface area (Å²) in [7, 11) is 1.38. The number of aryl methyl sites for hydroxylation is 1. The van der Waals surface area contributed by atoms with Crippen LogP contribution >= 0.6 is 0 Å². The van der Waals surface area contributed by atoms with Crippen LogP contribution in [0.1, 0.15) is 21.5 Å². The average molecular weight is 306 g/mol. The number of aromatic nitrogens is 1. The SMILES string of the molecule is COC(=O)c1ccc(CNc2ccc3c(C)cccc3n2)cc1. The molecule has 0 unspecified atom stereocenters. The predicted molar refractivity (Wildman–Crippen MR) is 91.6 cm³/mol. The number of rotatable bonds is 4. The molecule has 0 saturated carbocycles. The van der Waals surface area contributed by atoms with Crippen LogP contribution in [0.4, 0.5) is 5.82 Å². The number of hydrogen-bond donors (Lipinski definition) is 1. The summed E-state index contributed by atoms with van der Waals surface area (Å²) in [5.74, 6) is 0.510. The van der Waals surface area contributed by atoms with Gasteiger partial charge in [0.25, 0.3) is 0 Å². The van der Waals surface area contributed by atoms with Crippen molar-refractivity contribution in [2.24, 2.45) is 0 Å². The van der Waals surface area contributed by atoms with E-state index in [1.165, 1.54) is 18.1 Å². The molecule has 3 aromatic rings. The zero-order chi connectivity index (χ0) is 16.2. The fraction of sp³-hybridized carbons (Fsp3) is 0.158. The molecule has 23 heavy (non-hydrogen) atoms. The summed E-state index contributed by atoms with van der Waals surface area (Å²) >= 11 is 0. The quantitative estimate of drug-likeness (QED) is 0.742. The minimum Gasteiger partial charge on any atom is -0.465 e. The van der Waals surface area contributed by atoms with Gasteiger partial charge in [-0.15, -0.1) is 0 Å². The van der Waals surface area contributed by atoms with Crippen LogP contribution in [0.2, 0.25) is 0 Å². The van der Waals surface area contributed by atoms with Gasteiger partial charge in [0.15, 0.2) is 0 Å². The number of carbonyl (C=O) groups is 1. The molecule has 0 radical (unpaired) electrons. The molecule has 0 spiro atoms. The van der Waals surface area contributed by atoms with Gasteiger partial charge in [-0.1, -0.05) is 24.3 Å². The Labute approximate surface area is 135 Å². The Morgan fingerprint density at radius 1 is 1.09 bits per heavy atom. The zero-order valence-electron chi connectivity index (χ0n) is 13.2. The molecule has 0 amide bonds. The van der Waals surface area contributed by atoms with Crippen LogP contribution in [0, 0.1) is 6.92 Å². The second-order valence-electron chi connectivity index (χ2n) is 5.38. The highest BCUT2D eigenvalue weighted by Crippen LogP contribution is 2.19. The average Bonchev–Trinajstić information content (AvgIpc) is 2.60. The maximum absolute atomic E-state index is 11.4. The second-order valence-corrected chi connectivity index (χ2v) is 5.38. The Hall–Kier alpha value is -2.88. The summed E-state index contributed by atoms with van der Waals surface area (Å²) in [4.78, 5) is 16.0. The molecule has 0 aliphatic heterocycles. The van der Waals surface area contributed by atoms with E-state index in [1.54, 1.807) is 12.1 Å². The van der Waals surface area contributed by atoms with Crippen molar-refractivity contribution in [3.8, 4) is 0 Å². The Morgan fingerprint density at radius 2 is 1.87 bits per heavy atom. The molecule has 0 aliphatic rings. The van der Waals surface area contributed by atoms with Gasteiger partial charge in [-0.05, 0) is 48.4 Å². The van der Waals surface area contributed by atoms with Crippen molar-refractivity contribution >= 4 is 22.7 Å². The van der Waals surface area contributed by atoms with E-state index in [-0.39, 0.29) is 5.97 Å². The first-order valence-electron chi connectivity index (χ1n) is 7.45. The number of nitrogens with zero attached hydrogens (tertiary/aromatic N) is 1. The maximum Gasteiger partial charge on any atom is 0.337 e. The number of methoxy groups -OCH3 is 1. The van der Waals surface area contributed by atoms with Gasteiger partial charge in [-0.25, -0.2) is 9.78 Å². The van der Waals surface area contributed by atoms with Crippen molar-refractivity contribution in [3.05, 3.63) is 71.3 Å². The number of hydrogen-bond acceptors (Lipinski definition) is 4. The fourth-order valence-corrected chi connectivity index (χ4v) is 2.48. The molecule has 1 N–H and O–H groups in total. The summed E-state index contributed by atoms with van der Waals surface area (Å²) < 4.78 is 4.69. The molecule has 0 aliphatic carbocycles. The molecular formula is C19H18N2O2. The number of carbonyl (C=O) groups excluding carboxylic acids is 1. The van der Waals surface area contributed by atoms with Crippen molar-refractivity contribution in [1.82, 2.24) is 4.98 Å². The van der Waals surface area contributed by atoms with E-state index >= 15 is 0 Å². The minimum atomic E-state index is -0.323. The molecular weight excluding hydrogens is 288 g/mol. The lowest BCUT2D eigenvalue weighted by Crippen LogP contribution is -2.04. The molecule has 1 heterocycles. The third-order valence-corrected chi connectivity index (χ3v) is 3.80. The van der Waals surface area contributed by atoms with Crippen LogP contribution in [-0.2, 0) is 11.3 Å². The van der Waals surface area contributed by atoms with Crippen molar-refractivity contribution < 1.29 is 9.53 Å². The topological polar surface area (TPSA) is 51.2 Å². The van der Waals surface area contributed by atoms with Crippen LogP contribution < -0.4 is 5.32 Å². The zero-order valence-corrected chi connectivity index (χ0v) is 13.2. The van der Waals surface area contributed by atoms with Gasteiger partial charge in [-0.3, -0.25) is 0 Å². The molecule has 1 aromatic heterocycles. The highest BCUT2D eigenvalue weighted by atomic mass is 16.5. The van der Waals surface area contributed by atoms with Crippen LogP contribution in [-0.4, -0.2) is 18.1 Å². The Kier molecular flexibility index (Phi) is 4.24. The summed E-state index contributed by atoms with van der Waals surface area (Å²) in [6.45, 7) is 2.73. The third-order valence-electron chi connectivity index (χ3n) is 3.80. The molecule has 3 rings (SSSR count). The number of ether oxygens (including phenoxy) is 1. The van der Waals surface area contributed by atoms with E-state index < -0.39 is 0 Å². The van der Waals surface area contributed by atoms with E-state index in [9.17, 15) is 4.79 Å². The van der Waals surface area contributed by atoms with Crippen LogP contribution in [0.3, 0.4) is 0 Å². The van der Waals surface area contributed by atoms with E-state index in [1.807, 2.05) is 30.3 Å². The molecule has 4 heteroatoms. The summed E-state index contributed by atoms with van der Waals surface area (Å²) in [6.07, 6.45) is 0. The van der Waals surface area contributed by atoms with E-state index in [0.717, 1.165) is 16.9 Å². The lowest BCUT2D eigenvalue weighted by molar-refractivity contribution is 0.0600. The number of fused-ring (bicyclic) bond motifs is 1. The van der Waals surface area contributed by atoms with Crippen LogP contribution in [0.5, 0.6) is 0 Å². The molecule has 0 saturated heterocycles. The van der Waals surface area contributed by atoms with Crippen molar-refractivity contribution in [1.29, 1.82) is 0 Å². The van der Waals surface area contributed by atoms with Crippen LogP contribution in [0.15, 0.2) is 54.6 Å². The molecule has 0 atom stereocenters. The Morgan fingerprint density at radius 3 is 2.61 bits per heavy atom. The first-order chi connectivity index (χ1) is 11.2. The lowest BCUT2D eigenvalue weighted by atomic mass is 10.1. The lowest BCUT2D eigenvalue weighted by Gasteiger charge is -2.08. The van der Waals surface area contributed by atoms with Crippen molar-refractivity contribution in [2.45, 2.75) is 13.5 Å². The summed E-state index contributed by atoms with van der Waals surface area (Å²) in [5, 5.41) is 4.48. The highest BCUT2D eigenvalue weighted by Gasteiger charge is 2.05. The largest absolute Gasteiger partial charge is 0.465 e.